The lowest BCUT2D eigenvalue weighted by atomic mass is 10.0. The largest absolute Gasteiger partial charge is 0.489 e. The molecule has 0 unspecified atom stereocenters. The molecule has 0 aliphatic heterocycles. The minimum atomic E-state index is -3.04. The number of benzene rings is 1. The van der Waals surface area contributed by atoms with Crippen LogP contribution in [0.4, 0.5) is 8.78 Å². The van der Waals surface area contributed by atoms with Gasteiger partial charge < -0.3 is 18.9 Å². The first-order chi connectivity index (χ1) is 16.9. The van der Waals surface area contributed by atoms with E-state index in [0.29, 0.717) is 33.7 Å². The minimum absolute atomic E-state index is 0.0452. The third-order valence-corrected chi connectivity index (χ3v) is 5.77. The maximum Gasteiger partial charge on any atom is 0.387 e. The Kier molecular flexibility index (Phi) is 9.35. The molecule has 1 N–H and O–H groups in total. The predicted octanol–water partition coefficient (Wildman–Crippen LogP) is 5.76. The Morgan fingerprint density at radius 3 is 2.33 bits per heavy atom. The average Bonchev–Trinajstić information content (AvgIpc) is 3.57. The van der Waals surface area contributed by atoms with E-state index < -0.39 is 36.7 Å². The van der Waals surface area contributed by atoms with Crippen LogP contribution in [0.1, 0.15) is 57.3 Å². The number of aromatic amines is 1. The Bertz CT molecular complexity index is 1070. The Hall–Kier alpha value is -2.65. The van der Waals surface area contributed by atoms with Gasteiger partial charge in [0.2, 0.25) is 0 Å². The number of hydrogen-bond donors (Lipinski definition) is 0. The van der Waals surface area contributed by atoms with Crippen LogP contribution in [0.15, 0.2) is 30.6 Å². The van der Waals surface area contributed by atoms with E-state index in [0.717, 1.165) is 12.8 Å². The fourth-order valence-electron chi connectivity index (χ4n) is 3.30. The summed E-state index contributed by atoms with van der Waals surface area (Å²) in [5.41, 5.74) is 0.132. The van der Waals surface area contributed by atoms with E-state index in [2.05, 4.69) is 9.72 Å². The molecule has 2 aromatic rings. The van der Waals surface area contributed by atoms with Crippen LogP contribution >= 0.6 is 23.2 Å². The third-order valence-electron chi connectivity index (χ3n) is 5.10. The fourth-order valence-corrected chi connectivity index (χ4v) is 3.84. The van der Waals surface area contributed by atoms with E-state index in [1.807, 2.05) is 0 Å². The van der Waals surface area contributed by atoms with Gasteiger partial charge in [0, 0.05) is 12.0 Å². The number of H-pyrrole nitrogens is 1. The SMILES string of the molecule is CC(C)(C)OC(=O)CC(=O)O[C@@H](Cc1c(Cl)c[nH+]cc1Cl)c1ccc(OC(F)F)c(OCC2CC2)c1. The van der Waals surface area contributed by atoms with E-state index >= 15 is 0 Å². The summed E-state index contributed by atoms with van der Waals surface area (Å²) in [6.45, 7) is 2.35. The molecule has 3 rings (SSSR count). The van der Waals surface area contributed by atoms with Gasteiger partial charge in [-0.05, 0) is 57.2 Å². The summed E-state index contributed by atoms with van der Waals surface area (Å²) in [6.07, 6.45) is 3.49. The van der Waals surface area contributed by atoms with Crippen LogP contribution in [0.5, 0.6) is 11.5 Å². The monoisotopic (exact) mass is 546 g/mol. The molecular formula is C25H28Cl2F2NO6+. The molecule has 0 radical (unpaired) electrons. The predicted molar refractivity (Wildman–Crippen MR) is 127 cm³/mol. The zero-order valence-corrected chi connectivity index (χ0v) is 21.6. The molecule has 1 heterocycles. The van der Waals surface area contributed by atoms with Crippen molar-refractivity contribution in [3.63, 3.8) is 0 Å². The molecule has 36 heavy (non-hydrogen) atoms. The van der Waals surface area contributed by atoms with Gasteiger partial charge in [-0.25, -0.2) is 4.98 Å². The number of aromatic nitrogens is 1. The number of hydrogen-bond acceptors (Lipinski definition) is 6. The lowest BCUT2D eigenvalue weighted by molar-refractivity contribution is -0.377. The van der Waals surface area contributed by atoms with E-state index in [-0.39, 0.29) is 17.9 Å². The summed E-state index contributed by atoms with van der Waals surface area (Å²) in [7, 11) is 0. The zero-order chi connectivity index (χ0) is 26.5. The molecular weight excluding hydrogens is 519 g/mol. The van der Waals surface area contributed by atoms with Crippen molar-refractivity contribution in [2.24, 2.45) is 5.92 Å². The Morgan fingerprint density at radius 2 is 1.75 bits per heavy atom. The van der Waals surface area contributed by atoms with Crippen molar-refractivity contribution < 1.29 is 42.3 Å². The number of alkyl halides is 2. The molecule has 1 aromatic heterocycles. The second-order valence-electron chi connectivity index (χ2n) is 9.41. The molecule has 0 amide bonds. The molecule has 0 bridgehead atoms. The van der Waals surface area contributed by atoms with Gasteiger partial charge in [-0.2, -0.15) is 8.78 Å². The third kappa shape index (κ3) is 8.78. The van der Waals surface area contributed by atoms with E-state index in [4.69, 9.17) is 37.4 Å². The average molecular weight is 547 g/mol. The van der Waals surface area contributed by atoms with Gasteiger partial charge in [0.15, 0.2) is 23.9 Å². The molecule has 1 saturated carbocycles. The Labute approximate surface area is 218 Å². The highest BCUT2D eigenvalue weighted by molar-refractivity contribution is 6.35. The summed E-state index contributed by atoms with van der Waals surface area (Å²) in [5.74, 6) is -1.28. The highest BCUT2D eigenvalue weighted by atomic mass is 35.5. The van der Waals surface area contributed by atoms with E-state index in [9.17, 15) is 18.4 Å². The molecule has 7 nitrogen and oxygen atoms in total. The molecule has 196 valence electrons. The number of rotatable bonds is 11. The molecule has 1 atom stereocenters. The molecule has 0 saturated heterocycles. The fraction of sp³-hybridized carbons (Fsp3) is 0.480. The summed E-state index contributed by atoms with van der Waals surface area (Å²) >= 11 is 12.6. The highest BCUT2D eigenvalue weighted by Gasteiger charge is 2.27. The normalized spacial score (nSPS) is 14.3. The number of carbonyl (C=O) groups is 2. The highest BCUT2D eigenvalue weighted by Crippen LogP contribution is 2.37. The number of carbonyl (C=O) groups excluding carboxylic acids is 2. The van der Waals surface area contributed by atoms with Crippen LogP contribution in [0.3, 0.4) is 0 Å². The first-order valence-electron chi connectivity index (χ1n) is 11.4. The first-order valence-corrected chi connectivity index (χ1v) is 12.1. The summed E-state index contributed by atoms with van der Waals surface area (Å²) < 4.78 is 47.0. The van der Waals surface area contributed by atoms with Gasteiger partial charge in [0.05, 0.1) is 6.61 Å². The standard InChI is InChI=1S/C25H27Cl2F2NO6/c1-25(2,3)36-23(32)10-22(31)34-20(9-16-17(26)11-30-12-18(16)27)15-6-7-19(35-24(28)29)21(8-15)33-13-14-4-5-14/h6-8,11-12,14,20,24H,4-5,9-10,13H2,1-3H3/p+1/t20-/m0/s1. The van der Waals surface area contributed by atoms with Crippen LogP contribution in [-0.2, 0) is 25.5 Å². The second kappa shape index (κ2) is 12.1. The van der Waals surface area contributed by atoms with Gasteiger partial charge in [0.1, 0.15) is 28.2 Å². The number of halogens is 4. The van der Waals surface area contributed by atoms with Crippen molar-refractivity contribution in [3.8, 4) is 11.5 Å². The molecule has 1 aromatic carbocycles. The summed E-state index contributed by atoms with van der Waals surface area (Å²) in [5, 5.41) is 0.608. The maximum absolute atomic E-state index is 12.9. The van der Waals surface area contributed by atoms with Crippen molar-refractivity contribution in [2.75, 3.05) is 6.61 Å². The number of esters is 2. The van der Waals surface area contributed by atoms with Crippen molar-refractivity contribution in [1.82, 2.24) is 0 Å². The van der Waals surface area contributed by atoms with Gasteiger partial charge in [-0.3, -0.25) is 9.59 Å². The van der Waals surface area contributed by atoms with Gasteiger partial charge in [-0.1, -0.05) is 29.3 Å². The van der Waals surface area contributed by atoms with Crippen molar-refractivity contribution in [3.05, 3.63) is 51.8 Å². The summed E-state index contributed by atoms with van der Waals surface area (Å²) in [4.78, 5) is 27.6. The Morgan fingerprint density at radius 1 is 1.08 bits per heavy atom. The summed E-state index contributed by atoms with van der Waals surface area (Å²) in [6, 6.07) is 4.27. The van der Waals surface area contributed by atoms with Crippen molar-refractivity contribution >= 4 is 35.1 Å². The number of ether oxygens (including phenoxy) is 4. The topological polar surface area (TPSA) is 85.2 Å². The maximum atomic E-state index is 12.9. The van der Waals surface area contributed by atoms with E-state index in [1.54, 1.807) is 20.8 Å². The smallest absolute Gasteiger partial charge is 0.387 e. The van der Waals surface area contributed by atoms with Gasteiger partial charge in [0.25, 0.3) is 0 Å². The number of pyridine rings is 1. The molecule has 11 heteroatoms. The zero-order valence-electron chi connectivity index (χ0n) is 20.1. The molecule has 1 aliphatic rings. The Balaban J connectivity index is 1.89. The molecule has 1 aliphatic carbocycles. The van der Waals surface area contributed by atoms with Crippen LogP contribution in [0, 0.1) is 5.92 Å². The van der Waals surface area contributed by atoms with E-state index in [1.165, 1.54) is 30.6 Å². The lowest BCUT2D eigenvalue weighted by Crippen LogP contribution is -2.26. The van der Waals surface area contributed by atoms with Crippen LogP contribution in [-0.4, -0.2) is 30.8 Å². The molecule has 1 fully saturated rings. The number of nitrogens with one attached hydrogen (secondary N) is 1. The second-order valence-corrected chi connectivity index (χ2v) is 10.2. The first kappa shape index (κ1) is 27.9. The van der Waals surface area contributed by atoms with Crippen LogP contribution in [0.2, 0.25) is 10.0 Å². The van der Waals surface area contributed by atoms with Gasteiger partial charge in [-0.15, -0.1) is 0 Å². The minimum Gasteiger partial charge on any atom is -0.489 e. The molecule has 0 spiro atoms. The van der Waals surface area contributed by atoms with Crippen molar-refractivity contribution in [1.29, 1.82) is 0 Å². The lowest BCUT2D eigenvalue weighted by Gasteiger charge is -2.22. The van der Waals surface area contributed by atoms with Crippen LogP contribution < -0.4 is 14.5 Å². The van der Waals surface area contributed by atoms with Crippen LogP contribution in [0.25, 0.3) is 0 Å². The van der Waals surface area contributed by atoms with Crippen molar-refractivity contribution in [2.45, 2.75) is 64.8 Å². The quantitative estimate of drug-likeness (QED) is 0.263. The van der Waals surface area contributed by atoms with Gasteiger partial charge >= 0.3 is 18.6 Å².